The van der Waals surface area contributed by atoms with Crippen molar-refractivity contribution >= 4 is 27.7 Å². The normalized spacial score (nSPS) is 14.2. The molecule has 0 amide bonds. The fourth-order valence-electron chi connectivity index (χ4n) is 1.57. The van der Waals surface area contributed by atoms with E-state index in [0.29, 0.717) is 4.47 Å². The maximum atomic E-state index is 13.7. The highest BCUT2D eigenvalue weighted by molar-refractivity contribution is 9.10. The first-order chi connectivity index (χ1) is 8.91. The van der Waals surface area contributed by atoms with Crippen molar-refractivity contribution in [3.8, 4) is 6.07 Å². The Labute approximate surface area is 122 Å². The van der Waals surface area contributed by atoms with E-state index in [0.717, 1.165) is 6.07 Å². The van der Waals surface area contributed by atoms with Crippen LogP contribution in [0.5, 0.6) is 0 Å². The summed E-state index contributed by atoms with van der Waals surface area (Å²) >= 11 is 4.31. The van der Waals surface area contributed by atoms with Crippen molar-refractivity contribution in [2.75, 3.05) is 11.5 Å². The first kappa shape index (κ1) is 16.3. The van der Waals surface area contributed by atoms with Crippen LogP contribution in [0.15, 0.2) is 22.7 Å². The van der Waals surface area contributed by atoms with Gasteiger partial charge in [0, 0.05) is 10.0 Å². The lowest BCUT2D eigenvalue weighted by atomic mass is 9.88. The van der Waals surface area contributed by atoms with Gasteiger partial charge in [0.05, 0.1) is 11.8 Å². The minimum absolute atomic E-state index is 0.107. The number of alkyl halides is 2. The highest BCUT2D eigenvalue weighted by atomic mass is 79.9. The summed E-state index contributed by atoms with van der Waals surface area (Å²) in [6.45, 7) is 0. The molecule has 1 aromatic rings. The fourth-order valence-corrected chi connectivity index (χ4v) is 2.65. The molecular formula is C12H12BrF3N2S. The number of hydrogen-bond acceptors (Lipinski definition) is 3. The molecule has 0 aliphatic rings. The number of nitrogens with zero attached hydrogens (tertiary/aromatic N) is 1. The molecule has 0 radical (unpaired) electrons. The summed E-state index contributed by atoms with van der Waals surface area (Å²) in [5.74, 6) is -0.294. The second-order valence-electron chi connectivity index (χ2n) is 3.93. The molecule has 1 rings (SSSR count). The molecular weight excluding hydrogens is 341 g/mol. The van der Waals surface area contributed by atoms with Crippen LogP contribution in [0.25, 0.3) is 0 Å². The van der Waals surface area contributed by atoms with Gasteiger partial charge in [0.1, 0.15) is 11.4 Å². The first-order valence-corrected chi connectivity index (χ1v) is 7.34. The molecule has 0 bridgehead atoms. The summed E-state index contributed by atoms with van der Waals surface area (Å²) in [7, 11) is 0. The standard InChI is InChI=1S/C12H12BrF3N2S/c13-8-1-2-10(14)9(7-8)12(18,11(15)16)3-5-19-6-4-17/h1-2,7,11H,3,5-6,18H2. The van der Waals surface area contributed by atoms with Crippen LogP contribution in [-0.4, -0.2) is 17.9 Å². The van der Waals surface area contributed by atoms with E-state index in [-0.39, 0.29) is 23.5 Å². The second kappa shape index (κ2) is 7.17. The Morgan fingerprint density at radius 2 is 2.16 bits per heavy atom. The van der Waals surface area contributed by atoms with Crippen molar-refractivity contribution in [2.45, 2.75) is 18.4 Å². The van der Waals surface area contributed by atoms with Gasteiger partial charge >= 0.3 is 0 Å². The number of rotatable bonds is 6. The molecule has 0 heterocycles. The largest absolute Gasteiger partial charge is 0.317 e. The molecule has 0 aliphatic heterocycles. The average molecular weight is 353 g/mol. The fraction of sp³-hybridized carbons (Fsp3) is 0.417. The SMILES string of the molecule is N#CCSCCC(N)(c1cc(Br)ccc1F)C(F)F. The van der Waals surface area contributed by atoms with Crippen LogP contribution < -0.4 is 5.73 Å². The lowest BCUT2D eigenvalue weighted by Crippen LogP contribution is -2.45. The summed E-state index contributed by atoms with van der Waals surface area (Å²) in [4.78, 5) is 0. The minimum atomic E-state index is -2.89. The van der Waals surface area contributed by atoms with Gasteiger partial charge in [0.25, 0.3) is 6.43 Å². The van der Waals surface area contributed by atoms with Crippen LogP contribution in [0.1, 0.15) is 12.0 Å². The van der Waals surface area contributed by atoms with E-state index >= 15 is 0 Å². The lowest BCUT2D eigenvalue weighted by molar-refractivity contribution is 0.0479. The molecule has 0 saturated heterocycles. The molecule has 2 nitrogen and oxygen atoms in total. The third kappa shape index (κ3) is 4.13. The van der Waals surface area contributed by atoms with Gasteiger partial charge in [-0.2, -0.15) is 5.26 Å². The molecule has 0 aromatic heterocycles. The molecule has 104 valence electrons. The topological polar surface area (TPSA) is 49.8 Å². The van der Waals surface area contributed by atoms with Crippen molar-refractivity contribution in [3.05, 3.63) is 34.1 Å². The Morgan fingerprint density at radius 3 is 2.74 bits per heavy atom. The summed E-state index contributed by atoms with van der Waals surface area (Å²) in [6.07, 6.45) is -3.00. The number of benzene rings is 1. The van der Waals surface area contributed by atoms with Crippen molar-refractivity contribution in [2.24, 2.45) is 5.73 Å². The molecule has 0 saturated carbocycles. The maximum absolute atomic E-state index is 13.7. The second-order valence-corrected chi connectivity index (χ2v) is 5.95. The van der Waals surface area contributed by atoms with Crippen molar-refractivity contribution in [1.29, 1.82) is 5.26 Å². The predicted octanol–water partition coefficient (Wildman–Crippen LogP) is 3.65. The summed E-state index contributed by atoms with van der Waals surface area (Å²) < 4.78 is 40.6. The van der Waals surface area contributed by atoms with Gasteiger partial charge in [0.15, 0.2) is 0 Å². The van der Waals surface area contributed by atoms with Gasteiger partial charge < -0.3 is 5.73 Å². The van der Waals surface area contributed by atoms with Gasteiger partial charge in [0.2, 0.25) is 0 Å². The monoisotopic (exact) mass is 352 g/mol. The van der Waals surface area contributed by atoms with E-state index in [4.69, 9.17) is 11.0 Å². The quantitative estimate of drug-likeness (QED) is 0.795. The highest BCUT2D eigenvalue weighted by Crippen LogP contribution is 2.33. The Morgan fingerprint density at radius 1 is 1.47 bits per heavy atom. The van der Waals surface area contributed by atoms with Crippen molar-refractivity contribution < 1.29 is 13.2 Å². The van der Waals surface area contributed by atoms with Crippen LogP contribution in [-0.2, 0) is 5.54 Å². The van der Waals surface area contributed by atoms with Gasteiger partial charge in [-0.3, -0.25) is 0 Å². The minimum Gasteiger partial charge on any atom is -0.317 e. The first-order valence-electron chi connectivity index (χ1n) is 5.39. The number of thioether (sulfide) groups is 1. The third-order valence-corrected chi connectivity index (χ3v) is 3.97. The van der Waals surface area contributed by atoms with E-state index in [1.807, 2.05) is 6.07 Å². The van der Waals surface area contributed by atoms with Gasteiger partial charge in [-0.05, 0) is 30.4 Å². The van der Waals surface area contributed by atoms with E-state index in [2.05, 4.69) is 15.9 Å². The van der Waals surface area contributed by atoms with Crippen LogP contribution in [0.3, 0.4) is 0 Å². The zero-order valence-electron chi connectivity index (χ0n) is 9.88. The highest BCUT2D eigenvalue weighted by Gasteiger charge is 2.39. The Balaban J connectivity index is 2.98. The Kier molecular flexibility index (Phi) is 6.17. The summed E-state index contributed by atoms with van der Waals surface area (Å²) in [5, 5.41) is 8.39. The molecule has 0 fully saturated rings. The van der Waals surface area contributed by atoms with E-state index in [9.17, 15) is 13.2 Å². The molecule has 1 aromatic carbocycles. The third-order valence-electron chi connectivity index (χ3n) is 2.65. The van der Waals surface area contributed by atoms with Gasteiger partial charge in [-0.25, -0.2) is 13.2 Å². The van der Waals surface area contributed by atoms with Gasteiger partial charge in [-0.1, -0.05) is 15.9 Å². The average Bonchev–Trinajstić information content (AvgIpc) is 2.37. The number of halogens is 4. The molecule has 0 aliphatic carbocycles. The Hall–Kier alpha value is -0.710. The van der Waals surface area contributed by atoms with Crippen molar-refractivity contribution in [1.82, 2.24) is 0 Å². The molecule has 1 atom stereocenters. The van der Waals surface area contributed by atoms with Gasteiger partial charge in [-0.15, -0.1) is 11.8 Å². The van der Waals surface area contributed by atoms with Crippen molar-refractivity contribution in [3.63, 3.8) is 0 Å². The zero-order valence-corrected chi connectivity index (χ0v) is 12.3. The smallest absolute Gasteiger partial charge is 0.260 e. The molecule has 1 unspecified atom stereocenters. The Bertz CT molecular complexity index is 479. The lowest BCUT2D eigenvalue weighted by Gasteiger charge is -2.29. The zero-order chi connectivity index (χ0) is 14.5. The number of nitriles is 1. The van der Waals surface area contributed by atoms with E-state index in [1.54, 1.807) is 0 Å². The predicted molar refractivity (Wildman–Crippen MR) is 73.5 cm³/mol. The summed E-state index contributed by atoms with van der Waals surface area (Å²) in [5.41, 5.74) is 3.45. The van der Waals surface area contributed by atoms with Crippen LogP contribution in [0.2, 0.25) is 0 Å². The van der Waals surface area contributed by atoms with Crippen LogP contribution >= 0.6 is 27.7 Å². The maximum Gasteiger partial charge on any atom is 0.260 e. The number of hydrogen-bond donors (Lipinski definition) is 1. The summed E-state index contributed by atoms with van der Waals surface area (Å²) in [6, 6.07) is 5.70. The molecule has 19 heavy (non-hydrogen) atoms. The molecule has 7 heteroatoms. The van der Waals surface area contributed by atoms with E-state index in [1.165, 1.54) is 23.9 Å². The molecule has 2 N–H and O–H groups in total. The van der Waals surface area contributed by atoms with Crippen LogP contribution in [0.4, 0.5) is 13.2 Å². The van der Waals surface area contributed by atoms with Crippen LogP contribution in [0, 0.1) is 17.1 Å². The molecule has 0 spiro atoms. The number of nitrogens with two attached hydrogens (primary N) is 1. The van der Waals surface area contributed by atoms with E-state index < -0.39 is 17.8 Å².